The molecule has 0 saturated heterocycles. The van der Waals surface area contributed by atoms with Gasteiger partial charge in [0.15, 0.2) is 5.65 Å². The Morgan fingerprint density at radius 2 is 2.09 bits per heavy atom. The van der Waals surface area contributed by atoms with Crippen LogP contribution < -0.4 is 10.1 Å². The van der Waals surface area contributed by atoms with Gasteiger partial charge in [0.25, 0.3) is 5.91 Å². The van der Waals surface area contributed by atoms with Crippen LogP contribution in [0.1, 0.15) is 37.0 Å². The minimum atomic E-state index is -2.99. The Morgan fingerprint density at radius 1 is 1.29 bits per heavy atom. The van der Waals surface area contributed by atoms with E-state index in [9.17, 15) is 13.6 Å². The van der Waals surface area contributed by atoms with Crippen molar-refractivity contribution in [3.05, 3.63) is 54.6 Å². The van der Waals surface area contributed by atoms with Crippen LogP contribution >= 0.6 is 11.2 Å². The van der Waals surface area contributed by atoms with Gasteiger partial charge in [0.1, 0.15) is 25.0 Å². The lowest BCUT2D eigenvalue weighted by molar-refractivity contribution is -0.0494. The van der Waals surface area contributed by atoms with E-state index in [1.54, 1.807) is 24.5 Å². The van der Waals surface area contributed by atoms with Gasteiger partial charge in [-0.15, -0.1) is 0 Å². The molecule has 0 aliphatic carbocycles. The fraction of sp³-hybridized carbons (Fsp3) is 0.304. The van der Waals surface area contributed by atoms with Gasteiger partial charge in [0, 0.05) is 29.0 Å². The number of carbonyl (C=O) groups is 1. The normalized spacial score (nSPS) is 11.5. The third-order valence-electron chi connectivity index (χ3n) is 5.36. The molecule has 0 saturated carbocycles. The van der Waals surface area contributed by atoms with E-state index < -0.39 is 20.5 Å². The van der Waals surface area contributed by atoms with Gasteiger partial charge >= 0.3 is 6.61 Å². The zero-order chi connectivity index (χ0) is 24.8. The highest BCUT2D eigenvalue weighted by Gasteiger charge is 2.21. The van der Waals surface area contributed by atoms with E-state index in [2.05, 4.69) is 39.4 Å². The summed E-state index contributed by atoms with van der Waals surface area (Å²) >= 11 is 1.85. The van der Waals surface area contributed by atoms with Crippen molar-refractivity contribution in [2.24, 2.45) is 0 Å². The summed E-state index contributed by atoms with van der Waals surface area (Å²) in [5.41, 5.74) is 1.70. The maximum atomic E-state index is 13.2. The van der Waals surface area contributed by atoms with Crippen LogP contribution in [0.2, 0.25) is 12.1 Å². The van der Waals surface area contributed by atoms with E-state index in [-0.39, 0.29) is 11.3 Å². The topological polar surface area (TPSA) is 97.2 Å². The first-order valence-corrected chi connectivity index (χ1v) is 15.3. The Morgan fingerprint density at radius 3 is 2.83 bits per heavy atom. The van der Waals surface area contributed by atoms with Crippen LogP contribution in [0.15, 0.2) is 53.9 Å². The Kier molecular flexibility index (Phi) is 8.13. The number of hydrogen-bond donors (Lipinski definition) is 2. The van der Waals surface area contributed by atoms with Crippen molar-refractivity contribution in [2.75, 3.05) is 5.32 Å². The second-order valence-electron chi connectivity index (χ2n) is 7.90. The highest BCUT2D eigenvalue weighted by Crippen LogP contribution is 2.39. The number of aromatic nitrogens is 5. The molecule has 35 heavy (non-hydrogen) atoms. The van der Waals surface area contributed by atoms with Gasteiger partial charge in [-0.25, -0.2) is 9.50 Å². The smallest absolute Gasteiger partial charge is 0.387 e. The van der Waals surface area contributed by atoms with Crippen molar-refractivity contribution in [1.82, 2.24) is 24.8 Å². The number of rotatable bonds is 11. The molecule has 3 heterocycles. The van der Waals surface area contributed by atoms with Gasteiger partial charge in [-0.2, -0.15) is 30.2 Å². The second-order valence-corrected chi connectivity index (χ2v) is 13.7. The molecule has 3 aromatic heterocycles. The number of anilines is 1. The van der Waals surface area contributed by atoms with Crippen LogP contribution in [0.25, 0.3) is 16.9 Å². The van der Waals surface area contributed by atoms with E-state index in [4.69, 9.17) is 4.74 Å². The maximum Gasteiger partial charge on any atom is 0.387 e. The van der Waals surface area contributed by atoms with Crippen LogP contribution in [0, 0.1) is 0 Å². The molecule has 4 rings (SSSR count). The lowest BCUT2D eigenvalue weighted by Crippen LogP contribution is -2.12. The molecule has 4 aromatic rings. The summed E-state index contributed by atoms with van der Waals surface area (Å²) in [5, 5.41) is 13.9. The first-order chi connectivity index (χ1) is 17.0. The summed E-state index contributed by atoms with van der Waals surface area (Å²) in [6.07, 6.45) is 8.43. The highest BCUT2D eigenvalue weighted by molar-refractivity contribution is 8.25. The summed E-state index contributed by atoms with van der Waals surface area (Å²) in [7, 11) is -1.08. The van der Waals surface area contributed by atoms with Crippen LogP contribution in [0.3, 0.4) is 0 Å². The predicted octanol–water partition coefficient (Wildman–Crippen LogP) is 5.61. The van der Waals surface area contributed by atoms with Crippen molar-refractivity contribution < 1.29 is 18.3 Å². The third kappa shape index (κ3) is 5.88. The first-order valence-electron chi connectivity index (χ1n) is 11.4. The summed E-state index contributed by atoms with van der Waals surface area (Å²) in [4.78, 5) is 18.2. The summed E-state index contributed by atoms with van der Waals surface area (Å²) in [6.45, 7) is 1.37. The minimum Gasteiger partial charge on any atom is -0.434 e. The van der Waals surface area contributed by atoms with Crippen molar-refractivity contribution in [3.8, 4) is 17.0 Å². The first kappa shape index (κ1) is 24.9. The number of fused-ring (bicyclic) bond motifs is 1. The molecule has 2 N–H and O–H groups in total. The molecule has 8 nitrogen and oxygen atoms in total. The van der Waals surface area contributed by atoms with E-state index in [1.807, 2.05) is 23.3 Å². The number of aromatic amines is 1. The van der Waals surface area contributed by atoms with Gasteiger partial charge < -0.3 is 10.1 Å². The van der Waals surface area contributed by atoms with E-state index in [0.29, 0.717) is 22.6 Å². The molecule has 184 valence electrons. The number of benzene rings is 1. The summed E-state index contributed by atoms with van der Waals surface area (Å²) in [5.74, 6) is -0.449. The van der Waals surface area contributed by atoms with Crippen LogP contribution in [0.5, 0.6) is 5.75 Å². The Bertz CT molecular complexity index is 1290. The Labute approximate surface area is 206 Å². The molecule has 0 bridgehead atoms. The number of ether oxygens (including phenoxy) is 1. The van der Waals surface area contributed by atoms with Crippen molar-refractivity contribution >= 4 is 36.4 Å². The largest absolute Gasteiger partial charge is 0.434 e. The predicted molar refractivity (Wildman–Crippen MR) is 135 cm³/mol. The molecule has 0 spiro atoms. The molecule has 0 unspecified atom stereocenters. The highest BCUT2D eigenvalue weighted by atomic mass is 32.4. The van der Waals surface area contributed by atoms with Crippen LogP contribution in [0.4, 0.5) is 14.5 Å². The molecule has 1 aromatic carbocycles. The number of carbonyl (C=O) groups excluding carboxylic acids is 1. The van der Waals surface area contributed by atoms with Gasteiger partial charge in [-0.05, 0) is 24.3 Å². The minimum absolute atomic E-state index is 0.00574. The zero-order valence-electron chi connectivity index (χ0n) is 19.4. The molecular weight excluding hydrogens is 490 g/mol. The van der Waals surface area contributed by atoms with E-state index in [0.717, 1.165) is 17.7 Å². The number of nitrogens with one attached hydrogen (secondary N) is 2. The molecular formula is C23H26F2N6O2SSi. The van der Waals surface area contributed by atoms with Gasteiger partial charge in [0.2, 0.25) is 0 Å². The molecule has 12 heteroatoms. The second kappa shape index (κ2) is 11.4. The SMILES string of the molecule is CCC[SiH](CCC)Sc1ccc(OC(F)F)c(-c2n[nH]cc2NC(=O)c2cnn3cccnc23)c1. The number of H-pyrrole nitrogens is 1. The summed E-state index contributed by atoms with van der Waals surface area (Å²) < 4.78 is 32.6. The van der Waals surface area contributed by atoms with Gasteiger partial charge in [-0.3, -0.25) is 9.89 Å². The van der Waals surface area contributed by atoms with Crippen molar-refractivity contribution in [3.63, 3.8) is 0 Å². The van der Waals surface area contributed by atoms with Gasteiger partial charge in [0.05, 0.1) is 11.9 Å². The number of hydrogen-bond acceptors (Lipinski definition) is 6. The molecule has 1 amide bonds. The zero-order valence-corrected chi connectivity index (χ0v) is 21.3. The van der Waals surface area contributed by atoms with E-state index in [1.165, 1.54) is 29.0 Å². The fourth-order valence-electron chi connectivity index (χ4n) is 3.83. The van der Waals surface area contributed by atoms with Crippen molar-refractivity contribution in [2.45, 2.75) is 50.3 Å². The monoisotopic (exact) mass is 516 g/mol. The Balaban J connectivity index is 1.66. The number of halogens is 2. The third-order valence-corrected chi connectivity index (χ3v) is 11.9. The average molecular weight is 517 g/mol. The fourth-order valence-corrected chi connectivity index (χ4v) is 10.1. The molecule has 0 aliphatic heterocycles. The number of nitrogens with zero attached hydrogens (tertiary/aromatic N) is 4. The number of amides is 1. The van der Waals surface area contributed by atoms with Gasteiger partial charge in [-0.1, -0.05) is 38.8 Å². The summed E-state index contributed by atoms with van der Waals surface area (Å²) in [6, 6.07) is 9.27. The standard InChI is InChI=1S/C23H26F2N6O2SSi/c1-3-10-35(11-4-2)34-15-6-7-19(33-23(24)25)16(12-15)20-18(14-27-30-20)29-22(32)17-13-28-31-9-5-8-26-21(17)31/h5-9,12-14,23,35H,3-4,10-11H2,1-2H3,(H,27,30)(H,29,32). The molecule has 0 fully saturated rings. The molecule has 0 aliphatic rings. The van der Waals surface area contributed by atoms with Crippen LogP contribution in [-0.4, -0.2) is 45.3 Å². The quantitative estimate of drug-likeness (QED) is 0.252. The van der Waals surface area contributed by atoms with E-state index >= 15 is 0 Å². The van der Waals surface area contributed by atoms with Crippen molar-refractivity contribution in [1.29, 1.82) is 0 Å². The molecule has 0 radical (unpaired) electrons. The lowest BCUT2D eigenvalue weighted by atomic mass is 10.1. The number of alkyl halides is 2. The van der Waals surface area contributed by atoms with Crippen LogP contribution in [-0.2, 0) is 0 Å². The Hall–Kier alpha value is -3.25. The molecule has 0 atom stereocenters. The maximum absolute atomic E-state index is 13.2. The average Bonchev–Trinajstić information content (AvgIpc) is 3.47. The lowest BCUT2D eigenvalue weighted by Gasteiger charge is -2.16.